The van der Waals surface area contributed by atoms with Gasteiger partial charge in [0.1, 0.15) is 0 Å². The third kappa shape index (κ3) is 3.32. The van der Waals surface area contributed by atoms with Crippen LogP contribution >= 0.6 is 15.9 Å². The summed E-state index contributed by atoms with van der Waals surface area (Å²) < 4.78 is 33.6. The Morgan fingerprint density at radius 2 is 2.19 bits per heavy atom. The smallest absolute Gasteiger partial charge is 0.244 e. The lowest BCUT2D eigenvalue weighted by Crippen LogP contribution is -2.48. The predicted octanol–water partition coefficient (Wildman–Crippen LogP) is 2.02. The number of ether oxygens (including phenoxy) is 1. The number of hydrogen-bond donors (Lipinski definition) is 1. The van der Waals surface area contributed by atoms with Crippen molar-refractivity contribution in [3.8, 4) is 0 Å². The Labute approximate surface area is 134 Å². The molecule has 7 heteroatoms. The quantitative estimate of drug-likeness (QED) is 0.872. The molecule has 2 N–H and O–H groups in total. The first-order valence-electron chi connectivity index (χ1n) is 7.00. The zero-order valence-electron chi connectivity index (χ0n) is 12.3. The number of benzene rings is 1. The van der Waals surface area contributed by atoms with E-state index in [1.54, 1.807) is 10.4 Å². The topological polar surface area (TPSA) is 72.6 Å². The Morgan fingerprint density at radius 3 is 2.81 bits per heavy atom. The van der Waals surface area contributed by atoms with Crippen LogP contribution in [0.1, 0.15) is 24.5 Å². The van der Waals surface area contributed by atoms with E-state index >= 15 is 0 Å². The number of nitrogens with two attached hydrogens (primary N) is 1. The van der Waals surface area contributed by atoms with Crippen LogP contribution in [0.15, 0.2) is 21.5 Å². The van der Waals surface area contributed by atoms with E-state index in [9.17, 15) is 8.42 Å². The molecular weight excluding hydrogens is 356 g/mol. The first-order valence-corrected chi connectivity index (χ1v) is 9.23. The minimum absolute atomic E-state index is 0.113. The van der Waals surface area contributed by atoms with Gasteiger partial charge in [-0.2, -0.15) is 4.31 Å². The normalized spacial score (nSPS) is 20.7. The summed E-state index contributed by atoms with van der Waals surface area (Å²) in [4.78, 5) is 0.295. The largest absolute Gasteiger partial charge is 0.378 e. The molecule has 1 aromatic rings. The number of aryl methyl sites for hydroxylation is 1. The van der Waals surface area contributed by atoms with Crippen LogP contribution in [0.4, 0.5) is 0 Å². The van der Waals surface area contributed by atoms with E-state index in [4.69, 9.17) is 10.5 Å². The van der Waals surface area contributed by atoms with Gasteiger partial charge >= 0.3 is 0 Å². The average Bonchev–Trinajstić information content (AvgIpc) is 2.49. The summed E-state index contributed by atoms with van der Waals surface area (Å²) in [5, 5.41) is 0. The molecule has 1 fully saturated rings. The molecular formula is C14H21BrN2O3S. The van der Waals surface area contributed by atoms with E-state index in [1.807, 2.05) is 19.9 Å². The molecule has 0 amide bonds. The summed E-state index contributed by atoms with van der Waals surface area (Å²) in [5.41, 5.74) is 7.36. The molecule has 5 nitrogen and oxygen atoms in total. The predicted molar refractivity (Wildman–Crippen MR) is 85.6 cm³/mol. The van der Waals surface area contributed by atoms with Crippen molar-refractivity contribution < 1.29 is 13.2 Å². The molecule has 0 bridgehead atoms. The van der Waals surface area contributed by atoms with Gasteiger partial charge in [0.15, 0.2) is 0 Å². The van der Waals surface area contributed by atoms with Gasteiger partial charge in [0.25, 0.3) is 0 Å². The summed E-state index contributed by atoms with van der Waals surface area (Å²) in [6.07, 6.45) is 0.729. The van der Waals surface area contributed by atoms with Crippen LogP contribution in [0.5, 0.6) is 0 Å². The molecule has 0 radical (unpaired) electrons. The Bertz CT molecular complexity index is 619. The molecule has 1 aliphatic heterocycles. The van der Waals surface area contributed by atoms with Crippen LogP contribution in [-0.4, -0.2) is 38.5 Å². The molecule has 0 spiro atoms. The molecule has 1 unspecified atom stereocenters. The summed E-state index contributed by atoms with van der Waals surface area (Å²) in [7, 11) is -3.56. The van der Waals surface area contributed by atoms with Crippen molar-refractivity contribution in [2.45, 2.75) is 37.8 Å². The Kier molecular flexibility index (Phi) is 5.43. The van der Waals surface area contributed by atoms with Gasteiger partial charge in [-0.1, -0.05) is 13.0 Å². The van der Waals surface area contributed by atoms with Gasteiger partial charge in [0.05, 0.1) is 18.1 Å². The molecule has 118 valence electrons. The monoisotopic (exact) mass is 376 g/mol. The molecule has 1 heterocycles. The fraction of sp³-hybridized carbons (Fsp3) is 0.571. The zero-order chi connectivity index (χ0) is 15.6. The maximum Gasteiger partial charge on any atom is 0.244 e. The summed E-state index contributed by atoms with van der Waals surface area (Å²) in [5.74, 6) is 0. The highest BCUT2D eigenvalue weighted by molar-refractivity contribution is 9.10. The molecule has 2 rings (SSSR count). The highest BCUT2D eigenvalue weighted by Crippen LogP contribution is 2.31. The highest BCUT2D eigenvalue weighted by Gasteiger charge is 2.34. The fourth-order valence-corrected chi connectivity index (χ4v) is 5.22. The van der Waals surface area contributed by atoms with Crippen LogP contribution < -0.4 is 5.73 Å². The van der Waals surface area contributed by atoms with E-state index in [1.165, 1.54) is 0 Å². The number of halogens is 1. The molecule has 1 saturated heterocycles. The number of morpholine rings is 1. The molecule has 21 heavy (non-hydrogen) atoms. The van der Waals surface area contributed by atoms with Crippen LogP contribution in [0, 0.1) is 6.92 Å². The fourth-order valence-electron chi connectivity index (χ4n) is 2.52. The second-order valence-corrected chi connectivity index (χ2v) is 7.83. The van der Waals surface area contributed by atoms with Gasteiger partial charge in [-0.15, -0.1) is 0 Å². The number of nitrogens with zero attached hydrogens (tertiary/aromatic N) is 1. The molecule has 1 atom stereocenters. The van der Waals surface area contributed by atoms with Crippen molar-refractivity contribution in [1.29, 1.82) is 0 Å². The highest BCUT2D eigenvalue weighted by atomic mass is 79.9. The van der Waals surface area contributed by atoms with E-state index in [0.29, 0.717) is 35.7 Å². The van der Waals surface area contributed by atoms with Crippen molar-refractivity contribution in [3.05, 3.63) is 27.7 Å². The minimum atomic E-state index is -3.56. The van der Waals surface area contributed by atoms with Crippen LogP contribution in [0.25, 0.3) is 0 Å². The first kappa shape index (κ1) is 16.9. The van der Waals surface area contributed by atoms with Crippen molar-refractivity contribution in [2.24, 2.45) is 5.73 Å². The van der Waals surface area contributed by atoms with Crippen molar-refractivity contribution >= 4 is 26.0 Å². The van der Waals surface area contributed by atoms with Crippen LogP contribution in [-0.2, 0) is 21.3 Å². The lowest BCUT2D eigenvalue weighted by molar-refractivity contribution is 0.0314. The Balaban J connectivity index is 2.50. The summed E-state index contributed by atoms with van der Waals surface area (Å²) in [6, 6.07) is 3.45. The second kappa shape index (κ2) is 6.75. The number of rotatable bonds is 4. The van der Waals surface area contributed by atoms with Gasteiger partial charge in [-0.3, -0.25) is 0 Å². The van der Waals surface area contributed by atoms with Crippen molar-refractivity contribution in [1.82, 2.24) is 4.31 Å². The Hall–Kier alpha value is -0.470. The van der Waals surface area contributed by atoms with E-state index in [2.05, 4.69) is 15.9 Å². The van der Waals surface area contributed by atoms with Gasteiger partial charge in [0.2, 0.25) is 10.0 Å². The molecule has 0 aliphatic carbocycles. The number of sulfonamides is 1. The van der Waals surface area contributed by atoms with Crippen LogP contribution in [0.2, 0.25) is 0 Å². The molecule has 0 aromatic heterocycles. The minimum Gasteiger partial charge on any atom is -0.378 e. The standard InChI is InChI=1S/C14H21BrN2O3S/c1-3-12-9-20-5-4-17(12)21(18,19)13-7-11(8-16)6-10(2)14(13)15/h6-7,12H,3-5,8-9,16H2,1-2H3. The van der Waals surface area contributed by atoms with E-state index < -0.39 is 10.0 Å². The average molecular weight is 377 g/mol. The van der Waals surface area contributed by atoms with Crippen molar-refractivity contribution in [3.63, 3.8) is 0 Å². The van der Waals surface area contributed by atoms with Gasteiger partial charge in [-0.05, 0) is 46.5 Å². The zero-order valence-corrected chi connectivity index (χ0v) is 14.7. The summed E-state index contributed by atoms with van der Waals surface area (Å²) >= 11 is 3.41. The van der Waals surface area contributed by atoms with Gasteiger partial charge < -0.3 is 10.5 Å². The van der Waals surface area contributed by atoms with Gasteiger partial charge in [0, 0.05) is 23.6 Å². The maximum absolute atomic E-state index is 13.0. The lowest BCUT2D eigenvalue weighted by atomic mass is 10.1. The third-order valence-electron chi connectivity index (χ3n) is 3.75. The molecule has 1 aliphatic rings. The van der Waals surface area contributed by atoms with E-state index in [0.717, 1.165) is 17.5 Å². The molecule has 0 saturated carbocycles. The summed E-state index contributed by atoms with van der Waals surface area (Å²) in [6.45, 7) is 5.43. The molecule has 1 aromatic carbocycles. The number of hydrogen-bond acceptors (Lipinski definition) is 4. The van der Waals surface area contributed by atoms with Crippen LogP contribution in [0.3, 0.4) is 0 Å². The Morgan fingerprint density at radius 1 is 1.48 bits per heavy atom. The van der Waals surface area contributed by atoms with Gasteiger partial charge in [-0.25, -0.2) is 8.42 Å². The SMILES string of the molecule is CCC1COCCN1S(=O)(=O)c1cc(CN)cc(C)c1Br. The van der Waals surface area contributed by atoms with Crippen molar-refractivity contribution in [2.75, 3.05) is 19.8 Å². The lowest BCUT2D eigenvalue weighted by Gasteiger charge is -2.34. The maximum atomic E-state index is 13.0. The first-order chi connectivity index (χ1) is 9.91. The second-order valence-electron chi connectivity index (χ2n) is 5.18. The third-order valence-corrected chi connectivity index (χ3v) is 7.04. The van der Waals surface area contributed by atoms with E-state index in [-0.39, 0.29) is 6.04 Å².